The number of carbonyl (C=O) groups is 1. The summed E-state index contributed by atoms with van der Waals surface area (Å²) < 4.78 is 5.27. The molecule has 1 aliphatic rings. The van der Waals surface area contributed by atoms with Crippen LogP contribution in [0.25, 0.3) is 0 Å². The van der Waals surface area contributed by atoms with Crippen molar-refractivity contribution >= 4 is 11.7 Å². The van der Waals surface area contributed by atoms with Crippen LogP contribution in [0.5, 0.6) is 0 Å². The Morgan fingerprint density at radius 3 is 3.00 bits per heavy atom. The van der Waals surface area contributed by atoms with Gasteiger partial charge in [0.05, 0.1) is 11.9 Å². The lowest BCUT2D eigenvalue weighted by atomic mass is 10.0. The molecule has 17 heavy (non-hydrogen) atoms. The van der Waals surface area contributed by atoms with Crippen LogP contribution in [0.4, 0.5) is 10.5 Å². The number of nitrogens with zero attached hydrogens (tertiary/aromatic N) is 1. The number of amides is 2. The van der Waals surface area contributed by atoms with E-state index in [1.54, 1.807) is 24.5 Å². The molecule has 5 heteroatoms. The molecule has 1 fully saturated rings. The van der Waals surface area contributed by atoms with Gasteiger partial charge < -0.3 is 15.4 Å². The highest BCUT2D eigenvalue weighted by Crippen LogP contribution is 2.13. The molecule has 0 radical (unpaired) electrons. The lowest BCUT2D eigenvalue weighted by Crippen LogP contribution is -2.35. The van der Waals surface area contributed by atoms with Crippen LogP contribution in [0.15, 0.2) is 24.5 Å². The lowest BCUT2D eigenvalue weighted by Gasteiger charge is -2.22. The van der Waals surface area contributed by atoms with Crippen molar-refractivity contribution in [2.45, 2.75) is 12.8 Å². The van der Waals surface area contributed by atoms with Gasteiger partial charge in [-0.05, 0) is 30.9 Å². The van der Waals surface area contributed by atoms with Gasteiger partial charge in [-0.3, -0.25) is 4.98 Å². The second-order valence-electron chi connectivity index (χ2n) is 4.13. The van der Waals surface area contributed by atoms with Gasteiger partial charge in [0.1, 0.15) is 0 Å². The quantitative estimate of drug-likeness (QED) is 0.837. The van der Waals surface area contributed by atoms with Gasteiger partial charge in [0.15, 0.2) is 0 Å². The Labute approximate surface area is 101 Å². The van der Waals surface area contributed by atoms with Gasteiger partial charge in [0.25, 0.3) is 0 Å². The highest BCUT2D eigenvalue weighted by atomic mass is 16.5. The average Bonchev–Trinajstić information content (AvgIpc) is 2.39. The van der Waals surface area contributed by atoms with E-state index in [9.17, 15) is 4.79 Å². The average molecular weight is 235 g/mol. The van der Waals surface area contributed by atoms with Gasteiger partial charge in [-0.25, -0.2) is 4.79 Å². The number of hydrogen-bond donors (Lipinski definition) is 2. The first-order valence-electron chi connectivity index (χ1n) is 5.87. The monoisotopic (exact) mass is 235 g/mol. The molecule has 0 atom stereocenters. The number of nitrogens with one attached hydrogen (secondary N) is 2. The SMILES string of the molecule is O=C(NCC1CCOCC1)Nc1cccnc1. The zero-order valence-electron chi connectivity index (χ0n) is 9.69. The Morgan fingerprint density at radius 1 is 1.47 bits per heavy atom. The summed E-state index contributed by atoms with van der Waals surface area (Å²) in [7, 11) is 0. The summed E-state index contributed by atoms with van der Waals surface area (Å²) in [5, 5.41) is 5.61. The molecule has 2 N–H and O–H groups in total. The predicted molar refractivity (Wildman–Crippen MR) is 64.8 cm³/mol. The molecule has 1 aromatic heterocycles. The van der Waals surface area contributed by atoms with Crippen molar-refractivity contribution in [3.8, 4) is 0 Å². The molecule has 0 spiro atoms. The molecule has 0 unspecified atom stereocenters. The first-order valence-corrected chi connectivity index (χ1v) is 5.87. The molecule has 0 bridgehead atoms. The molecule has 0 aromatic carbocycles. The number of urea groups is 1. The molecule has 0 aliphatic carbocycles. The summed E-state index contributed by atoms with van der Waals surface area (Å²) in [6, 6.07) is 3.42. The Bertz CT molecular complexity index is 350. The number of ether oxygens (including phenoxy) is 1. The van der Waals surface area contributed by atoms with E-state index in [1.807, 2.05) is 0 Å². The van der Waals surface area contributed by atoms with Crippen LogP contribution in [0.1, 0.15) is 12.8 Å². The Morgan fingerprint density at radius 2 is 2.29 bits per heavy atom. The lowest BCUT2D eigenvalue weighted by molar-refractivity contribution is 0.0671. The van der Waals surface area contributed by atoms with Gasteiger partial charge in [-0.15, -0.1) is 0 Å². The van der Waals surface area contributed by atoms with Gasteiger partial charge in [-0.1, -0.05) is 0 Å². The number of hydrogen-bond acceptors (Lipinski definition) is 3. The van der Waals surface area contributed by atoms with E-state index in [2.05, 4.69) is 15.6 Å². The first kappa shape index (κ1) is 11.9. The van der Waals surface area contributed by atoms with Crippen molar-refractivity contribution in [3.63, 3.8) is 0 Å². The van der Waals surface area contributed by atoms with Gasteiger partial charge in [-0.2, -0.15) is 0 Å². The van der Waals surface area contributed by atoms with Gasteiger partial charge in [0.2, 0.25) is 0 Å². The number of pyridine rings is 1. The molecular formula is C12H17N3O2. The molecule has 1 saturated heterocycles. The summed E-state index contributed by atoms with van der Waals surface area (Å²) in [6.07, 6.45) is 5.33. The maximum atomic E-state index is 11.6. The van der Waals surface area contributed by atoms with E-state index >= 15 is 0 Å². The summed E-state index contributed by atoms with van der Waals surface area (Å²) >= 11 is 0. The fourth-order valence-corrected chi connectivity index (χ4v) is 1.80. The minimum Gasteiger partial charge on any atom is -0.381 e. The summed E-state index contributed by atoms with van der Waals surface area (Å²) in [6.45, 7) is 2.31. The third kappa shape index (κ3) is 4.03. The predicted octanol–water partition coefficient (Wildman–Crippen LogP) is 1.63. The third-order valence-corrected chi connectivity index (χ3v) is 2.81. The van der Waals surface area contributed by atoms with E-state index < -0.39 is 0 Å². The second-order valence-corrected chi connectivity index (χ2v) is 4.13. The summed E-state index contributed by atoms with van der Waals surface area (Å²) in [5.74, 6) is 0.531. The van der Waals surface area contributed by atoms with Crippen LogP contribution in [-0.4, -0.2) is 30.8 Å². The van der Waals surface area contributed by atoms with E-state index in [0.717, 1.165) is 26.1 Å². The Hall–Kier alpha value is -1.62. The maximum Gasteiger partial charge on any atom is 0.319 e. The van der Waals surface area contributed by atoms with Crippen molar-refractivity contribution in [2.75, 3.05) is 25.1 Å². The van der Waals surface area contributed by atoms with Crippen LogP contribution in [0.3, 0.4) is 0 Å². The van der Waals surface area contributed by atoms with Crippen LogP contribution in [0, 0.1) is 5.92 Å². The normalized spacial score (nSPS) is 16.5. The van der Waals surface area contributed by atoms with Crippen LogP contribution in [-0.2, 0) is 4.74 Å². The Balaban J connectivity index is 1.70. The molecule has 92 valence electrons. The van der Waals surface area contributed by atoms with Crippen molar-refractivity contribution in [1.82, 2.24) is 10.3 Å². The fraction of sp³-hybridized carbons (Fsp3) is 0.500. The minimum absolute atomic E-state index is 0.176. The van der Waals surface area contributed by atoms with Crippen molar-refractivity contribution in [1.29, 1.82) is 0 Å². The molecule has 2 amide bonds. The van der Waals surface area contributed by atoms with E-state index in [-0.39, 0.29) is 6.03 Å². The second kappa shape index (κ2) is 6.20. The molecule has 5 nitrogen and oxygen atoms in total. The molecule has 1 aliphatic heterocycles. The standard InChI is InChI=1S/C12H17N3O2/c16-12(15-11-2-1-5-13-9-11)14-8-10-3-6-17-7-4-10/h1-2,5,9-10H,3-4,6-8H2,(H2,14,15,16). The van der Waals surface area contributed by atoms with Gasteiger partial charge >= 0.3 is 6.03 Å². The van der Waals surface area contributed by atoms with Gasteiger partial charge in [0, 0.05) is 26.0 Å². The largest absolute Gasteiger partial charge is 0.381 e. The molecule has 0 saturated carbocycles. The molecule has 2 heterocycles. The first-order chi connectivity index (χ1) is 8.34. The number of rotatable bonds is 3. The van der Waals surface area contributed by atoms with Crippen molar-refractivity contribution in [3.05, 3.63) is 24.5 Å². The summed E-state index contributed by atoms with van der Waals surface area (Å²) in [5.41, 5.74) is 0.706. The number of anilines is 1. The molecule has 1 aromatic rings. The zero-order valence-corrected chi connectivity index (χ0v) is 9.69. The van der Waals surface area contributed by atoms with E-state index in [0.29, 0.717) is 18.2 Å². The minimum atomic E-state index is -0.176. The zero-order chi connectivity index (χ0) is 11.9. The molecular weight excluding hydrogens is 218 g/mol. The molecule has 2 rings (SSSR count). The van der Waals surface area contributed by atoms with Crippen LogP contribution >= 0.6 is 0 Å². The highest BCUT2D eigenvalue weighted by Gasteiger charge is 2.14. The smallest absolute Gasteiger partial charge is 0.319 e. The topological polar surface area (TPSA) is 63.2 Å². The third-order valence-electron chi connectivity index (χ3n) is 2.81. The van der Waals surface area contributed by atoms with E-state index in [4.69, 9.17) is 4.74 Å². The fourth-order valence-electron chi connectivity index (χ4n) is 1.80. The summed E-state index contributed by atoms with van der Waals surface area (Å²) in [4.78, 5) is 15.5. The van der Waals surface area contributed by atoms with Crippen LogP contribution < -0.4 is 10.6 Å². The Kier molecular flexibility index (Phi) is 4.32. The number of carbonyl (C=O) groups excluding carboxylic acids is 1. The van der Waals surface area contributed by atoms with Crippen molar-refractivity contribution in [2.24, 2.45) is 5.92 Å². The highest BCUT2D eigenvalue weighted by molar-refractivity contribution is 5.88. The maximum absolute atomic E-state index is 11.6. The number of aromatic nitrogens is 1. The van der Waals surface area contributed by atoms with Crippen LogP contribution in [0.2, 0.25) is 0 Å². The van der Waals surface area contributed by atoms with E-state index in [1.165, 1.54) is 0 Å². The van der Waals surface area contributed by atoms with Crippen molar-refractivity contribution < 1.29 is 9.53 Å².